The zero-order chi connectivity index (χ0) is 21.4. The van der Waals surface area contributed by atoms with Crippen LogP contribution in [0.1, 0.15) is 12.2 Å². The minimum Gasteiger partial charge on any atom is -0.469 e. The summed E-state index contributed by atoms with van der Waals surface area (Å²) in [5.41, 5.74) is 0.392. The third kappa shape index (κ3) is 6.38. The van der Waals surface area contributed by atoms with Crippen LogP contribution in [0.5, 0.6) is 11.5 Å². The fraction of sp³-hybridized carbons (Fsp3) is 0.227. The van der Waals surface area contributed by atoms with E-state index in [2.05, 4.69) is 5.32 Å². The molecule has 1 heterocycles. The number of para-hydroxylation sites is 1. The molecule has 1 amide bonds. The molecule has 0 fully saturated rings. The van der Waals surface area contributed by atoms with Gasteiger partial charge in [0.15, 0.2) is 0 Å². The Morgan fingerprint density at radius 3 is 2.33 bits per heavy atom. The number of nitrogens with one attached hydrogen (secondary N) is 1. The topological polar surface area (TPSA) is 88.9 Å². The number of carbonyl (C=O) groups is 1. The van der Waals surface area contributed by atoms with Crippen molar-refractivity contribution >= 4 is 21.6 Å². The SMILES string of the molecule is CS(=O)(=O)N(CC(=O)NCCCc1ccco1)c1ccc(Oc2ccccc2)cc1. The Hall–Kier alpha value is -3.26. The molecule has 0 spiro atoms. The van der Waals surface area contributed by atoms with E-state index in [1.165, 1.54) is 0 Å². The van der Waals surface area contributed by atoms with Gasteiger partial charge in [-0.2, -0.15) is 0 Å². The number of nitrogens with zero attached hydrogens (tertiary/aromatic N) is 1. The van der Waals surface area contributed by atoms with Crippen molar-refractivity contribution in [1.29, 1.82) is 0 Å². The molecule has 158 valence electrons. The third-order valence-corrected chi connectivity index (χ3v) is 5.43. The van der Waals surface area contributed by atoms with E-state index in [0.29, 0.717) is 36.6 Å². The normalized spacial score (nSPS) is 11.1. The molecule has 3 rings (SSSR count). The maximum atomic E-state index is 12.3. The quantitative estimate of drug-likeness (QED) is 0.499. The zero-order valence-electron chi connectivity index (χ0n) is 16.7. The molecule has 0 atom stereocenters. The Balaban J connectivity index is 1.57. The molecule has 0 saturated carbocycles. The Morgan fingerprint density at radius 2 is 1.70 bits per heavy atom. The number of anilines is 1. The fourth-order valence-corrected chi connectivity index (χ4v) is 3.69. The minimum atomic E-state index is -3.63. The van der Waals surface area contributed by atoms with Crippen LogP contribution >= 0.6 is 0 Å². The number of aryl methyl sites for hydroxylation is 1. The summed E-state index contributed by atoms with van der Waals surface area (Å²) >= 11 is 0. The summed E-state index contributed by atoms with van der Waals surface area (Å²) < 4.78 is 36.5. The summed E-state index contributed by atoms with van der Waals surface area (Å²) in [6, 6.07) is 19.5. The van der Waals surface area contributed by atoms with Crippen molar-refractivity contribution in [2.24, 2.45) is 0 Å². The number of sulfonamides is 1. The lowest BCUT2D eigenvalue weighted by Crippen LogP contribution is -2.40. The second-order valence-corrected chi connectivity index (χ2v) is 8.62. The molecule has 1 N–H and O–H groups in total. The van der Waals surface area contributed by atoms with Gasteiger partial charge >= 0.3 is 0 Å². The van der Waals surface area contributed by atoms with Crippen LogP contribution in [0.4, 0.5) is 5.69 Å². The number of carbonyl (C=O) groups excluding carboxylic acids is 1. The lowest BCUT2D eigenvalue weighted by Gasteiger charge is -2.22. The average Bonchev–Trinajstić information content (AvgIpc) is 3.24. The summed E-state index contributed by atoms with van der Waals surface area (Å²) in [7, 11) is -3.63. The van der Waals surface area contributed by atoms with Crippen LogP contribution in [-0.2, 0) is 21.2 Å². The van der Waals surface area contributed by atoms with Crippen LogP contribution in [0.3, 0.4) is 0 Å². The number of furan rings is 1. The van der Waals surface area contributed by atoms with E-state index in [4.69, 9.17) is 9.15 Å². The second-order valence-electron chi connectivity index (χ2n) is 6.71. The molecule has 0 saturated heterocycles. The molecule has 0 bridgehead atoms. The van der Waals surface area contributed by atoms with Crippen molar-refractivity contribution in [1.82, 2.24) is 5.32 Å². The van der Waals surface area contributed by atoms with Gasteiger partial charge in [-0.15, -0.1) is 0 Å². The molecular formula is C22H24N2O5S. The first-order valence-corrected chi connectivity index (χ1v) is 11.4. The first-order chi connectivity index (χ1) is 14.4. The Labute approximate surface area is 176 Å². The molecule has 1 aromatic heterocycles. The molecule has 0 aliphatic carbocycles. The average molecular weight is 429 g/mol. The van der Waals surface area contributed by atoms with Gasteiger partial charge in [-0.05, 0) is 55.0 Å². The van der Waals surface area contributed by atoms with Gasteiger partial charge in [0, 0.05) is 13.0 Å². The predicted octanol–water partition coefficient (Wildman–Crippen LogP) is 3.59. The summed E-state index contributed by atoms with van der Waals surface area (Å²) in [6.45, 7) is 0.138. The third-order valence-electron chi connectivity index (χ3n) is 4.29. The van der Waals surface area contributed by atoms with Crippen molar-refractivity contribution in [3.05, 3.63) is 78.8 Å². The first-order valence-electron chi connectivity index (χ1n) is 9.51. The molecule has 8 heteroatoms. The Bertz CT molecular complexity index is 1030. The maximum absolute atomic E-state index is 12.3. The largest absolute Gasteiger partial charge is 0.469 e. The van der Waals surface area contributed by atoms with Crippen molar-refractivity contribution in [3.63, 3.8) is 0 Å². The Morgan fingerprint density at radius 1 is 1.00 bits per heavy atom. The van der Waals surface area contributed by atoms with Gasteiger partial charge in [0.05, 0.1) is 18.2 Å². The van der Waals surface area contributed by atoms with Crippen LogP contribution < -0.4 is 14.4 Å². The van der Waals surface area contributed by atoms with Crippen molar-refractivity contribution in [2.75, 3.05) is 23.7 Å². The van der Waals surface area contributed by atoms with Gasteiger partial charge in [0.2, 0.25) is 15.9 Å². The van der Waals surface area contributed by atoms with Crippen LogP contribution in [0.2, 0.25) is 0 Å². The molecule has 0 aliphatic rings. The smallest absolute Gasteiger partial charge is 0.240 e. The Kier molecular flexibility index (Phi) is 7.13. The second kappa shape index (κ2) is 9.98. The standard InChI is InChI=1S/C22H24N2O5S/c1-30(26,27)24(17-22(25)23-15-5-9-19-10-6-16-28-19)18-11-13-21(14-12-18)29-20-7-3-2-4-8-20/h2-4,6-8,10-14,16H,5,9,15,17H2,1H3,(H,23,25). The highest BCUT2D eigenvalue weighted by Gasteiger charge is 2.20. The highest BCUT2D eigenvalue weighted by Crippen LogP contribution is 2.25. The van der Waals surface area contributed by atoms with E-state index >= 15 is 0 Å². The maximum Gasteiger partial charge on any atom is 0.240 e. The van der Waals surface area contributed by atoms with Gasteiger partial charge in [-0.1, -0.05) is 18.2 Å². The van der Waals surface area contributed by atoms with Crippen LogP contribution in [0, 0.1) is 0 Å². The number of rotatable bonds is 10. The van der Waals surface area contributed by atoms with E-state index < -0.39 is 10.0 Å². The monoisotopic (exact) mass is 428 g/mol. The highest BCUT2D eigenvalue weighted by molar-refractivity contribution is 7.92. The summed E-state index contributed by atoms with van der Waals surface area (Å²) in [5.74, 6) is 1.73. The number of amides is 1. The molecule has 0 unspecified atom stereocenters. The molecule has 0 aliphatic heterocycles. The van der Waals surface area contributed by atoms with Crippen LogP contribution in [0.25, 0.3) is 0 Å². The van der Waals surface area contributed by atoms with Gasteiger partial charge in [-0.3, -0.25) is 9.10 Å². The zero-order valence-corrected chi connectivity index (χ0v) is 17.5. The van der Waals surface area contributed by atoms with Gasteiger partial charge < -0.3 is 14.5 Å². The van der Waals surface area contributed by atoms with E-state index in [1.807, 2.05) is 42.5 Å². The number of hydrogen-bond acceptors (Lipinski definition) is 5. The van der Waals surface area contributed by atoms with Gasteiger partial charge in [0.1, 0.15) is 23.8 Å². The predicted molar refractivity (Wildman–Crippen MR) is 115 cm³/mol. The van der Waals surface area contributed by atoms with Crippen LogP contribution in [-0.4, -0.2) is 33.7 Å². The fourth-order valence-electron chi connectivity index (χ4n) is 2.84. The minimum absolute atomic E-state index is 0.293. The van der Waals surface area contributed by atoms with Crippen molar-refractivity contribution < 1.29 is 22.4 Å². The summed E-state index contributed by atoms with van der Waals surface area (Å²) in [5, 5.41) is 2.75. The van der Waals surface area contributed by atoms with Crippen molar-refractivity contribution in [3.8, 4) is 11.5 Å². The lowest BCUT2D eigenvalue weighted by atomic mass is 10.2. The molecule has 30 heavy (non-hydrogen) atoms. The van der Waals surface area contributed by atoms with E-state index in [0.717, 1.165) is 16.3 Å². The molecule has 0 radical (unpaired) electrons. The van der Waals surface area contributed by atoms with Crippen LogP contribution in [0.15, 0.2) is 77.4 Å². The number of ether oxygens (including phenoxy) is 1. The molecular weight excluding hydrogens is 404 g/mol. The summed E-state index contributed by atoms with van der Waals surface area (Å²) in [4.78, 5) is 12.3. The van der Waals surface area contributed by atoms with E-state index in [-0.39, 0.29) is 12.5 Å². The number of hydrogen-bond donors (Lipinski definition) is 1. The number of benzene rings is 2. The van der Waals surface area contributed by atoms with Gasteiger partial charge in [-0.25, -0.2) is 8.42 Å². The molecule has 7 nitrogen and oxygen atoms in total. The first kappa shape index (κ1) is 21.4. The van der Waals surface area contributed by atoms with E-state index in [9.17, 15) is 13.2 Å². The van der Waals surface area contributed by atoms with E-state index in [1.54, 1.807) is 30.5 Å². The van der Waals surface area contributed by atoms with Gasteiger partial charge in [0.25, 0.3) is 0 Å². The summed E-state index contributed by atoms with van der Waals surface area (Å²) in [6.07, 6.45) is 4.08. The van der Waals surface area contributed by atoms with Crippen molar-refractivity contribution in [2.45, 2.75) is 12.8 Å². The lowest BCUT2D eigenvalue weighted by molar-refractivity contribution is -0.119. The molecule has 3 aromatic rings. The highest BCUT2D eigenvalue weighted by atomic mass is 32.2. The molecule has 2 aromatic carbocycles.